The molecule has 0 fully saturated rings. The van der Waals surface area contributed by atoms with Gasteiger partial charge in [0.05, 0.1) is 0 Å². The van der Waals surface area contributed by atoms with Crippen LogP contribution in [0.5, 0.6) is 0 Å². The molecule has 0 heterocycles. The zero-order chi connectivity index (χ0) is 19.6. The average molecular weight is 370 g/mol. The van der Waals surface area contributed by atoms with Gasteiger partial charge in [-0.2, -0.15) is 0 Å². The fourth-order valence-electron chi connectivity index (χ4n) is 2.95. The molecule has 0 aliphatic carbocycles. The molecule has 27 heavy (non-hydrogen) atoms. The van der Waals surface area contributed by atoms with E-state index in [1.807, 2.05) is 37.3 Å². The Kier molecular flexibility index (Phi) is 7.99. The second-order valence-corrected chi connectivity index (χ2v) is 6.49. The van der Waals surface area contributed by atoms with Gasteiger partial charge in [0.2, 0.25) is 11.8 Å². The van der Waals surface area contributed by atoms with Crippen LogP contribution in [0.2, 0.25) is 0 Å². The molecule has 5 heteroatoms. The number of carbonyl (C=O) groups is 2. The minimum absolute atomic E-state index is 0.0125. The number of amides is 2. The number of rotatable bonds is 9. The lowest BCUT2D eigenvalue weighted by molar-refractivity contribution is -0.133. The summed E-state index contributed by atoms with van der Waals surface area (Å²) in [6, 6.07) is 16.4. The van der Waals surface area contributed by atoms with E-state index < -0.39 is 0 Å². The molecule has 0 aliphatic rings. The van der Waals surface area contributed by atoms with Gasteiger partial charge in [-0.25, -0.2) is 4.39 Å². The Bertz CT molecular complexity index is 749. The van der Waals surface area contributed by atoms with E-state index in [1.165, 1.54) is 13.0 Å². The van der Waals surface area contributed by atoms with E-state index in [4.69, 9.17) is 0 Å². The monoisotopic (exact) mass is 370 g/mol. The lowest BCUT2D eigenvalue weighted by Gasteiger charge is -2.25. The Morgan fingerprint density at radius 1 is 0.926 bits per heavy atom. The molecule has 0 saturated carbocycles. The van der Waals surface area contributed by atoms with Crippen LogP contribution in [-0.4, -0.2) is 41.2 Å². The van der Waals surface area contributed by atoms with Gasteiger partial charge < -0.3 is 9.80 Å². The first-order valence-corrected chi connectivity index (χ1v) is 9.32. The number of hydrogen-bond donors (Lipinski definition) is 0. The van der Waals surface area contributed by atoms with Gasteiger partial charge >= 0.3 is 0 Å². The predicted octanol–water partition coefficient (Wildman–Crippen LogP) is 3.66. The molecule has 0 saturated heterocycles. The van der Waals surface area contributed by atoms with E-state index >= 15 is 0 Å². The van der Waals surface area contributed by atoms with Crippen LogP contribution < -0.4 is 0 Å². The highest BCUT2D eigenvalue weighted by atomic mass is 19.1. The third kappa shape index (κ3) is 6.51. The van der Waals surface area contributed by atoms with Crippen LogP contribution in [0.15, 0.2) is 54.6 Å². The highest BCUT2D eigenvalue weighted by Crippen LogP contribution is 2.10. The number of halogens is 1. The summed E-state index contributed by atoms with van der Waals surface area (Å²) in [7, 11) is 0. The molecule has 0 spiro atoms. The summed E-state index contributed by atoms with van der Waals surface area (Å²) in [5.41, 5.74) is 1.66. The number of nitrogens with zero attached hydrogens (tertiary/aromatic N) is 2. The summed E-state index contributed by atoms with van der Waals surface area (Å²) in [6.45, 7) is 5.34. The lowest BCUT2D eigenvalue weighted by atomic mass is 10.1. The fraction of sp³-hybridized carbons (Fsp3) is 0.364. The topological polar surface area (TPSA) is 40.6 Å². The smallest absolute Gasteiger partial charge is 0.224 e. The van der Waals surface area contributed by atoms with Crippen LogP contribution >= 0.6 is 0 Å². The minimum atomic E-state index is -0.267. The van der Waals surface area contributed by atoms with E-state index in [2.05, 4.69) is 0 Å². The third-order valence-corrected chi connectivity index (χ3v) is 4.60. The molecule has 0 radical (unpaired) electrons. The molecule has 2 aromatic rings. The SMILES string of the molecule is CCN(Cc1ccccc1)C(=O)CCN(CCc1ccccc1F)C(C)=O. The lowest BCUT2D eigenvalue weighted by Crippen LogP contribution is -2.37. The predicted molar refractivity (Wildman–Crippen MR) is 105 cm³/mol. The number of hydrogen-bond acceptors (Lipinski definition) is 2. The molecular formula is C22H27FN2O2. The summed E-state index contributed by atoms with van der Waals surface area (Å²) in [5, 5.41) is 0. The Morgan fingerprint density at radius 3 is 2.22 bits per heavy atom. The molecule has 0 aromatic heterocycles. The Balaban J connectivity index is 1.89. The highest BCUT2D eigenvalue weighted by molar-refractivity contribution is 5.78. The van der Waals surface area contributed by atoms with Crippen molar-refractivity contribution in [2.24, 2.45) is 0 Å². The first kappa shape index (κ1) is 20.6. The van der Waals surface area contributed by atoms with Crippen LogP contribution in [-0.2, 0) is 22.6 Å². The van der Waals surface area contributed by atoms with Crippen molar-refractivity contribution in [1.82, 2.24) is 9.80 Å². The zero-order valence-corrected chi connectivity index (χ0v) is 16.0. The van der Waals surface area contributed by atoms with Crippen molar-refractivity contribution in [1.29, 1.82) is 0 Å². The molecule has 2 amide bonds. The normalized spacial score (nSPS) is 10.5. The van der Waals surface area contributed by atoms with Crippen molar-refractivity contribution in [3.05, 3.63) is 71.5 Å². The van der Waals surface area contributed by atoms with Crippen molar-refractivity contribution >= 4 is 11.8 Å². The maximum absolute atomic E-state index is 13.7. The van der Waals surface area contributed by atoms with Gasteiger partial charge in [0.25, 0.3) is 0 Å². The average Bonchev–Trinajstić information content (AvgIpc) is 2.67. The van der Waals surface area contributed by atoms with Gasteiger partial charge in [-0.15, -0.1) is 0 Å². The van der Waals surface area contributed by atoms with Gasteiger partial charge in [0.15, 0.2) is 0 Å². The molecular weight excluding hydrogens is 343 g/mol. The summed E-state index contributed by atoms with van der Waals surface area (Å²) in [4.78, 5) is 27.9. The van der Waals surface area contributed by atoms with Crippen LogP contribution in [0.25, 0.3) is 0 Å². The van der Waals surface area contributed by atoms with Crippen LogP contribution in [0.4, 0.5) is 4.39 Å². The molecule has 2 aromatic carbocycles. The molecule has 144 valence electrons. The number of benzene rings is 2. The quantitative estimate of drug-likeness (QED) is 0.676. The Hall–Kier alpha value is -2.69. The van der Waals surface area contributed by atoms with Gasteiger partial charge in [0.1, 0.15) is 5.82 Å². The van der Waals surface area contributed by atoms with Crippen molar-refractivity contribution in [2.45, 2.75) is 33.2 Å². The van der Waals surface area contributed by atoms with Crippen molar-refractivity contribution in [3.8, 4) is 0 Å². The molecule has 0 atom stereocenters. The Labute approximate surface area is 160 Å². The number of carbonyl (C=O) groups excluding carboxylic acids is 2. The van der Waals surface area contributed by atoms with E-state index in [1.54, 1.807) is 28.0 Å². The molecule has 0 N–H and O–H groups in total. The van der Waals surface area contributed by atoms with Gasteiger partial charge in [-0.1, -0.05) is 48.5 Å². The Morgan fingerprint density at radius 2 is 1.59 bits per heavy atom. The molecule has 0 unspecified atom stereocenters. The first-order valence-electron chi connectivity index (χ1n) is 9.32. The fourth-order valence-corrected chi connectivity index (χ4v) is 2.95. The molecule has 0 aliphatic heterocycles. The summed E-state index contributed by atoms with van der Waals surface area (Å²) in [5.74, 6) is -0.360. The van der Waals surface area contributed by atoms with Gasteiger partial charge in [-0.05, 0) is 30.5 Å². The second-order valence-electron chi connectivity index (χ2n) is 6.49. The van der Waals surface area contributed by atoms with Crippen LogP contribution in [0.1, 0.15) is 31.4 Å². The van der Waals surface area contributed by atoms with Crippen molar-refractivity contribution in [3.63, 3.8) is 0 Å². The molecule has 4 nitrogen and oxygen atoms in total. The first-order chi connectivity index (χ1) is 13.0. The van der Waals surface area contributed by atoms with E-state index in [9.17, 15) is 14.0 Å². The van der Waals surface area contributed by atoms with Crippen molar-refractivity contribution in [2.75, 3.05) is 19.6 Å². The maximum Gasteiger partial charge on any atom is 0.224 e. The standard InChI is InChI=1S/C22H27FN2O2/c1-3-24(17-19-9-5-4-6-10-19)22(27)14-16-25(18(2)26)15-13-20-11-7-8-12-21(20)23/h4-12H,3,13-17H2,1-2H3. The van der Waals surface area contributed by atoms with Crippen molar-refractivity contribution < 1.29 is 14.0 Å². The van der Waals surface area contributed by atoms with E-state index in [0.29, 0.717) is 38.2 Å². The van der Waals surface area contributed by atoms with Gasteiger partial charge in [-0.3, -0.25) is 9.59 Å². The summed E-state index contributed by atoms with van der Waals surface area (Å²) in [6.07, 6.45) is 0.694. The summed E-state index contributed by atoms with van der Waals surface area (Å²) >= 11 is 0. The minimum Gasteiger partial charge on any atom is -0.342 e. The third-order valence-electron chi connectivity index (χ3n) is 4.60. The second kappa shape index (κ2) is 10.5. The van der Waals surface area contributed by atoms with Gasteiger partial charge in [0, 0.05) is 39.5 Å². The summed E-state index contributed by atoms with van der Waals surface area (Å²) < 4.78 is 13.7. The molecule has 2 rings (SSSR count). The van der Waals surface area contributed by atoms with Crippen LogP contribution in [0.3, 0.4) is 0 Å². The largest absolute Gasteiger partial charge is 0.342 e. The van der Waals surface area contributed by atoms with E-state index in [0.717, 1.165) is 5.56 Å². The highest BCUT2D eigenvalue weighted by Gasteiger charge is 2.16. The van der Waals surface area contributed by atoms with Crippen LogP contribution in [0, 0.1) is 5.82 Å². The maximum atomic E-state index is 13.7. The van der Waals surface area contributed by atoms with E-state index in [-0.39, 0.29) is 24.1 Å². The molecule has 0 bridgehead atoms. The zero-order valence-electron chi connectivity index (χ0n) is 16.0.